The van der Waals surface area contributed by atoms with Gasteiger partial charge in [-0.3, -0.25) is 10.1 Å². The van der Waals surface area contributed by atoms with Crippen LogP contribution in [0.1, 0.15) is 23.2 Å². The van der Waals surface area contributed by atoms with E-state index in [0.717, 1.165) is 42.6 Å². The SMILES string of the molecule is CN=C(NCc1ccn[nH]1)NCc1ccc(C)cc1OCC1CCOC1.I. The first-order valence-corrected chi connectivity index (χ1v) is 8.97. The van der Waals surface area contributed by atoms with E-state index in [-0.39, 0.29) is 24.0 Å². The fraction of sp³-hybridized carbons (Fsp3) is 0.474. The fourth-order valence-electron chi connectivity index (χ4n) is 2.83. The van der Waals surface area contributed by atoms with Crippen molar-refractivity contribution < 1.29 is 9.47 Å². The van der Waals surface area contributed by atoms with Crippen molar-refractivity contribution in [2.24, 2.45) is 10.9 Å². The van der Waals surface area contributed by atoms with E-state index in [1.165, 1.54) is 5.56 Å². The van der Waals surface area contributed by atoms with Crippen LogP contribution in [0.2, 0.25) is 0 Å². The number of hydrogen-bond acceptors (Lipinski definition) is 4. The Balaban J connectivity index is 0.00000261. The Morgan fingerprint density at radius 2 is 2.19 bits per heavy atom. The van der Waals surface area contributed by atoms with Crippen LogP contribution in [0.15, 0.2) is 35.5 Å². The summed E-state index contributed by atoms with van der Waals surface area (Å²) in [7, 11) is 1.76. The molecular formula is C19H28IN5O2. The molecule has 1 aromatic carbocycles. The van der Waals surface area contributed by atoms with Crippen LogP contribution >= 0.6 is 24.0 Å². The van der Waals surface area contributed by atoms with Crippen molar-refractivity contribution in [2.45, 2.75) is 26.4 Å². The normalized spacial score (nSPS) is 16.7. The highest BCUT2D eigenvalue weighted by Gasteiger charge is 2.17. The Morgan fingerprint density at radius 3 is 2.89 bits per heavy atom. The Morgan fingerprint density at radius 1 is 1.33 bits per heavy atom. The molecular weight excluding hydrogens is 457 g/mol. The lowest BCUT2D eigenvalue weighted by Crippen LogP contribution is -2.36. The maximum absolute atomic E-state index is 6.09. The topological polar surface area (TPSA) is 83.6 Å². The number of halogens is 1. The Kier molecular flexibility index (Phi) is 8.86. The number of aliphatic imine (C=N–C) groups is 1. The van der Waals surface area contributed by atoms with E-state index < -0.39 is 0 Å². The molecule has 1 saturated heterocycles. The molecule has 1 aromatic heterocycles. The summed E-state index contributed by atoms with van der Waals surface area (Å²) in [5.41, 5.74) is 3.30. The molecule has 2 heterocycles. The van der Waals surface area contributed by atoms with E-state index in [9.17, 15) is 0 Å². The predicted molar refractivity (Wildman–Crippen MR) is 117 cm³/mol. The minimum atomic E-state index is 0. The van der Waals surface area contributed by atoms with Gasteiger partial charge in [-0.15, -0.1) is 24.0 Å². The summed E-state index contributed by atoms with van der Waals surface area (Å²) < 4.78 is 11.5. The van der Waals surface area contributed by atoms with Crippen molar-refractivity contribution >= 4 is 29.9 Å². The van der Waals surface area contributed by atoms with Crippen molar-refractivity contribution in [1.82, 2.24) is 20.8 Å². The van der Waals surface area contributed by atoms with Gasteiger partial charge in [0.1, 0.15) is 5.75 Å². The minimum absolute atomic E-state index is 0. The number of hydrogen-bond donors (Lipinski definition) is 3. The number of ether oxygens (including phenoxy) is 2. The van der Waals surface area contributed by atoms with Gasteiger partial charge < -0.3 is 20.1 Å². The van der Waals surface area contributed by atoms with Gasteiger partial charge in [0, 0.05) is 37.9 Å². The average Bonchev–Trinajstić information content (AvgIpc) is 3.35. The largest absolute Gasteiger partial charge is 0.493 e. The molecule has 148 valence electrons. The maximum Gasteiger partial charge on any atom is 0.191 e. The number of aromatic amines is 1. The lowest BCUT2D eigenvalue weighted by Gasteiger charge is -2.16. The van der Waals surface area contributed by atoms with Gasteiger partial charge in [-0.2, -0.15) is 5.10 Å². The van der Waals surface area contributed by atoms with Crippen molar-refractivity contribution in [2.75, 3.05) is 26.9 Å². The maximum atomic E-state index is 6.09. The number of rotatable bonds is 7. The molecule has 8 heteroatoms. The molecule has 1 unspecified atom stereocenters. The van der Waals surface area contributed by atoms with E-state index in [0.29, 0.717) is 25.6 Å². The second kappa shape index (κ2) is 11.1. The highest BCUT2D eigenvalue weighted by molar-refractivity contribution is 14.0. The first-order chi connectivity index (χ1) is 12.7. The van der Waals surface area contributed by atoms with Gasteiger partial charge in [0.15, 0.2) is 5.96 Å². The number of guanidine groups is 1. The number of H-pyrrole nitrogens is 1. The van der Waals surface area contributed by atoms with E-state index in [1.54, 1.807) is 13.2 Å². The summed E-state index contributed by atoms with van der Waals surface area (Å²) in [6, 6.07) is 8.22. The number of benzene rings is 1. The van der Waals surface area contributed by atoms with E-state index in [1.807, 2.05) is 6.07 Å². The molecule has 1 aliphatic rings. The third kappa shape index (κ3) is 6.69. The van der Waals surface area contributed by atoms with Crippen LogP contribution in [0.3, 0.4) is 0 Å². The molecule has 3 rings (SSSR count). The standard InChI is InChI=1S/C19H27N5O2.HI/c1-14-3-4-16(18(9-14)26-13-15-6-8-25-12-15)10-21-19(20-2)22-11-17-5-7-23-24-17;/h3-5,7,9,15H,6,8,10-13H2,1-2H3,(H,23,24)(H2,20,21,22);1H. The Bertz CT molecular complexity index is 715. The lowest BCUT2D eigenvalue weighted by molar-refractivity contribution is 0.166. The number of nitrogens with one attached hydrogen (secondary N) is 3. The van der Waals surface area contributed by atoms with Crippen molar-refractivity contribution in [1.29, 1.82) is 0 Å². The minimum Gasteiger partial charge on any atom is -0.493 e. The summed E-state index contributed by atoms with van der Waals surface area (Å²) in [6.07, 6.45) is 2.81. The van der Waals surface area contributed by atoms with E-state index in [2.05, 4.69) is 50.9 Å². The fourth-order valence-corrected chi connectivity index (χ4v) is 2.83. The molecule has 1 atom stereocenters. The summed E-state index contributed by atoms with van der Waals surface area (Å²) >= 11 is 0. The Labute approximate surface area is 177 Å². The molecule has 2 aromatic rings. The van der Waals surface area contributed by atoms with Crippen molar-refractivity contribution in [3.05, 3.63) is 47.3 Å². The summed E-state index contributed by atoms with van der Waals surface area (Å²) in [5.74, 6) is 2.14. The highest BCUT2D eigenvalue weighted by Crippen LogP contribution is 2.22. The van der Waals surface area contributed by atoms with Crippen molar-refractivity contribution in [3.8, 4) is 5.75 Å². The van der Waals surface area contributed by atoms with Gasteiger partial charge in [-0.25, -0.2) is 0 Å². The second-order valence-corrected chi connectivity index (χ2v) is 6.51. The quantitative estimate of drug-likeness (QED) is 0.319. The second-order valence-electron chi connectivity index (χ2n) is 6.51. The molecule has 27 heavy (non-hydrogen) atoms. The van der Waals surface area contributed by atoms with Crippen LogP contribution in [0.4, 0.5) is 0 Å². The first kappa shape index (κ1) is 21.5. The highest BCUT2D eigenvalue weighted by atomic mass is 127. The van der Waals surface area contributed by atoms with Gasteiger partial charge >= 0.3 is 0 Å². The van der Waals surface area contributed by atoms with Crippen LogP contribution in [0.5, 0.6) is 5.75 Å². The lowest BCUT2D eigenvalue weighted by atomic mass is 10.1. The van der Waals surface area contributed by atoms with Crippen molar-refractivity contribution in [3.63, 3.8) is 0 Å². The molecule has 0 spiro atoms. The van der Waals surface area contributed by atoms with E-state index >= 15 is 0 Å². The zero-order valence-corrected chi connectivity index (χ0v) is 18.2. The third-order valence-electron chi connectivity index (χ3n) is 4.40. The molecule has 3 N–H and O–H groups in total. The molecule has 1 aliphatic heterocycles. The van der Waals surface area contributed by atoms with Gasteiger partial charge in [0.05, 0.1) is 25.5 Å². The van der Waals surface area contributed by atoms with Crippen LogP contribution in [-0.2, 0) is 17.8 Å². The third-order valence-corrected chi connectivity index (χ3v) is 4.40. The molecule has 7 nitrogen and oxygen atoms in total. The van der Waals surface area contributed by atoms with Gasteiger partial charge in [0.25, 0.3) is 0 Å². The predicted octanol–water partition coefficient (Wildman–Crippen LogP) is 2.62. The smallest absolute Gasteiger partial charge is 0.191 e. The molecule has 0 saturated carbocycles. The van der Waals surface area contributed by atoms with Crippen LogP contribution in [0, 0.1) is 12.8 Å². The molecule has 0 aliphatic carbocycles. The number of aromatic nitrogens is 2. The van der Waals surface area contributed by atoms with Crippen LogP contribution in [0.25, 0.3) is 0 Å². The molecule has 0 bridgehead atoms. The molecule has 0 amide bonds. The average molecular weight is 485 g/mol. The van der Waals surface area contributed by atoms with Gasteiger partial charge in [0.2, 0.25) is 0 Å². The zero-order valence-electron chi connectivity index (χ0n) is 15.8. The number of aryl methyl sites for hydroxylation is 1. The van der Waals surface area contributed by atoms with Gasteiger partial charge in [-0.1, -0.05) is 12.1 Å². The first-order valence-electron chi connectivity index (χ1n) is 8.97. The Hall–Kier alpha value is -1.81. The van der Waals surface area contributed by atoms with Crippen LogP contribution in [-0.4, -0.2) is 43.0 Å². The molecule has 1 fully saturated rings. The summed E-state index contributed by atoms with van der Waals surface area (Å²) in [4.78, 5) is 4.26. The van der Waals surface area contributed by atoms with Gasteiger partial charge in [-0.05, 0) is 31.0 Å². The molecule has 0 radical (unpaired) electrons. The summed E-state index contributed by atoms with van der Waals surface area (Å²) in [6.45, 7) is 5.69. The monoisotopic (exact) mass is 485 g/mol. The number of nitrogens with zero attached hydrogens (tertiary/aromatic N) is 2. The van der Waals surface area contributed by atoms with Crippen LogP contribution < -0.4 is 15.4 Å². The summed E-state index contributed by atoms with van der Waals surface area (Å²) in [5, 5.41) is 13.5. The van der Waals surface area contributed by atoms with E-state index in [4.69, 9.17) is 9.47 Å². The zero-order chi connectivity index (χ0) is 18.2.